The number of rotatable bonds is 2. The monoisotopic (exact) mass is 513 g/mol. The molecular weight excluding hydrogens is 489 g/mol. The average Bonchev–Trinajstić information content (AvgIpc) is 3.52. The van der Waals surface area contributed by atoms with Gasteiger partial charge in [0.05, 0.1) is 0 Å². The molecule has 4 aromatic carbocycles. The minimum atomic E-state index is -4.09. The molecule has 0 radical (unpaired) electrons. The van der Waals surface area contributed by atoms with Crippen LogP contribution in [0.1, 0.15) is 0 Å². The fraction of sp³-hybridized carbons (Fsp3) is 0. The summed E-state index contributed by atoms with van der Waals surface area (Å²) < 4.78 is 30.1. The first-order valence-corrected chi connectivity index (χ1v) is 14.4. The summed E-state index contributed by atoms with van der Waals surface area (Å²) in [6.07, 6.45) is 6.26. The van der Waals surface area contributed by atoms with Crippen molar-refractivity contribution in [3.05, 3.63) is 128 Å². The molecule has 0 aliphatic carbocycles. The maximum absolute atomic E-state index is 10.9. The van der Waals surface area contributed by atoms with Gasteiger partial charge >= 0.3 is 221 Å². The number of benzene rings is 4. The van der Waals surface area contributed by atoms with Gasteiger partial charge < -0.3 is 0 Å². The van der Waals surface area contributed by atoms with Crippen molar-refractivity contribution < 1.29 is 18.3 Å². The molecule has 0 saturated heterocycles. The Kier molecular flexibility index (Phi) is 3.67. The molecular formula is C32H22N3O2P+2. The van der Waals surface area contributed by atoms with Crippen molar-refractivity contribution >= 4 is 18.1 Å². The summed E-state index contributed by atoms with van der Waals surface area (Å²) in [5, 5.41) is 1.69. The van der Waals surface area contributed by atoms with Crippen LogP contribution in [0.4, 0.5) is 0 Å². The van der Waals surface area contributed by atoms with Crippen LogP contribution in [0.3, 0.4) is 0 Å². The summed E-state index contributed by atoms with van der Waals surface area (Å²) in [6, 6.07) is 36.8. The Morgan fingerprint density at radius 2 is 1.26 bits per heavy atom. The van der Waals surface area contributed by atoms with E-state index in [1.165, 1.54) is 11.1 Å². The van der Waals surface area contributed by atoms with E-state index in [1.54, 1.807) is 0 Å². The molecule has 0 saturated carbocycles. The van der Waals surface area contributed by atoms with Gasteiger partial charge in [-0.3, -0.25) is 0 Å². The van der Waals surface area contributed by atoms with E-state index in [2.05, 4.69) is 76.1 Å². The summed E-state index contributed by atoms with van der Waals surface area (Å²) in [5.74, 6) is 2.71. The predicted molar refractivity (Wildman–Crippen MR) is 148 cm³/mol. The van der Waals surface area contributed by atoms with Gasteiger partial charge in [0.2, 0.25) is 0 Å². The van der Waals surface area contributed by atoms with Crippen LogP contribution in [0.25, 0.3) is 27.9 Å². The van der Waals surface area contributed by atoms with E-state index in [4.69, 9.17) is 9.47 Å². The van der Waals surface area contributed by atoms with Gasteiger partial charge in [0.15, 0.2) is 0 Å². The summed E-state index contributed by atoms with van der Waals surface area (Å²) in [7, 11) is -4.09. The molecule has 38 heavy (non-hydrogen) atoms. The van der Waals surface area contributed by atoms with Crippen LogP contribution in [0.2, 0.25) is 0 Å². The number of nitrogens with zero attached hydrogens (tertiary/aromatic N) is 3. The Morgan fingerprint density at radius 3 is 2.08 bits per heavy atom. The summed E-state index contributed by atoms with van der Waals surface area (Å²) in [5.41, 5.74) is 5.47. The van der Waals surface area contributed by atoms with Crippen molar-refractivity contribution in [1.82, 2.24) is 4.68 Å². The van der Waals surface area contributed by atoms with Crippen molar-refractivity contribution in [2.24, 2.45) is 0 Å². The molecule has 3 aliphatic heterocycles. The normalized spacial score (nSPS) is 17.3. The van der Waals surface area contributed by atoms with E-state index in [-0.39, 0.29) is 0 Å². The first-order chi connectivity index (χ1) is 19.1. The quantitative estimate of drug-likeness (QED) is 0.285. The zero-order valence-electron chi connectivity index (χ0n) is 21.2. The Hall–Kier alpha value is -4.73. The molecule has 0 fully saturated rings. The van der Waals surface area contributed by atoms with Gasteiger partial charge in [-0.15, -0.1) is 0 Å². The predicted octanol–water partition coefficient (Wildman–Crippen LogP) is 5.54. The molecule has 0 unspecified atom stereocenters. The van der Waals surface area contributed by atoms with Crippen LogP contribution in [-0.4, -0.2) is 5.96 Å². The second-order valence-corrected chi connectivity index (χ2v) is 12.7. The van der Waals surface area contributed by atoms with Gasteiger partial charge in [-0.2, -0.15) is 0 Å². The zero-order chi connectivity index (χ0) is 25.8. The average molecular weight is 514 g/mol. The first-order valence-electron chi connectivity index (χ1n) is 13.1. The van der Waals surface area contributed by atoms with Gasteiger partial charge in [0, 0.05) is 0 Å². The van der Waals surface area contributed by atoms with E-state index < -0.39 is 7.51 Å². The van der Waals surface area contributed by atoms with Crippen LogP contribution in [0.5, 0.6) is 23.1 Å². The third-order valence-corrected chi connectivity index (χ3v) is 11.7. The summed E-state index contributed by atoms with van der Waals surface area (Å²) in [6.45, 7) is 0. The van der Waals surface area contributed by atoms with E-state index in [0.29, 0.717) is 17.4 Å². The SMILES string of the molecule is [3H]P123c4c(cccc4Oc4cccc[n+]41)Oc1cccc(c12)-n1cc(-c2ccc(-c4ccccc4)cc2)c[n+]13. The fourth-order valence-corrected chi connectivity index (χ4v) is 10.5. The van der Waals surface area contributed by atoms with Crippen LogP contribution >= 0.6 is 7.51 Å². The summed E-state index contributed by atoms with van der Waals surface area (Å²) >= 11 is 0. The van der Waals surface area contributed by atoms with Gasteiger partial charge in [0.1, 0.15) is 0 Å². The van der Waals surface area contributed by atoms with Crippen molar-refractivity contribution in [3.63, 3.8) is 0 Å². The fourth-order valence-electron chi connectivity index (χ4n) is 6.12. The Morgan fingerprint density at radius 1 is 0.605 bits per heavy atom. The van der Waals surface area contributed by atoms with Crippen molar-refractivity contribution in [2.75, 3.05) is 0 Å². The molecule has 0 bridgehead atoms. The molecule has 0 atom stereocenters. The third-order valence-electron chi connectivity index (χ3n) is 7.72. The Bertz CT molecular complexity index is 1990. The molecule has 180 valence electrons. The molecule has 9 rings (SSSR count). The van der Waals surface area contributed by atoms with Gasteiger partial charge in [-0.1, -0.05) is 0 Å². The molecule has 0 N–H and O–H groups in total. The zero-order valence-corrected chi connectivity index (χ0v) is 21.1. The maximum atomic E-state index is 10.9. The van der Waals surface area contributed by atoms with Crippen molar-refractivity contribution in [3.8, 4) is 51.1 Å². The molecule has 5 nitrogen and oxygen atoms in total. The number of hydrogen-bond donors (Lipinski definition) is 0. The van der Waals surface area contributed by atoms with E-state index in [9.17, 15) is 1.28 Å². The van der Waals surface area contributed by atoms with Gasteiger partial charge in [-0.05, 0) is 0 Å². The molecule has 5 heterocycles. The number of pyridine rings is 1. The molecule has 6 aromatic rings. The summed E-state index contributed by atoms with van der Waals surface area (Å²) in [4.78, 5) is 0. The topological polar surface area (TPSA) is 31.1 Å². The van der Waals surface area contributed by atoms with E-state index in [0.717, 1.165) is 33.2 Å². The molecule has 2 aromatic heterocycles. The first kappa shape index (κ1) is 19.4. The van der Waals surface area contributed by atoms with Crippen LogP contribution in [0, 0.1) is 0 Å². The standard InChI is InChI=1S/C32H22N3O2P/c1-2-8-22(9-3-1)23-15-17-24(18-16-23)25-20-33-26-10-6-11-27-31(26)38(35(33)21-25)32-28(36-27)12-7-13-29(32)37-30-14-4-5-19-34(30)38/h1-21,38H/q+2/i38T. The van der Waals surface area contributed by atoms with E-state index >= 15 is 0 Å². The van der Waals surface area contributed by atoms with Crippen LogP contribution in [-0.2, 0) is 0 Å². The van der Waals surface area contributed by atoms with Crippen molar-refractivity contribution in [1.29, 1.82) is 1.28 Å². The van der Waals surface area contributed by atoms with Crippen LogP contribution < -0.4 is 28.9 Å². The van der Waals surface area contributed by atoms with Gasteiger partial charge in [0.25, 0.3) is 0 Å². The second kappa shape index (κ2) is 7.18. The Labute approximate surface area is 221 Å². The van der Waals surface area contributed by atoms with Gasteiger partial charge in [-0.25, -0.2) is 0 Å². The third kappa shape index (κ3) is 2.44. The van der Waals surface area contributed by atoms with E-state index in [1.807, 2.05) is 65.1 Å². The molecule has 1 spiro atoms. The molecule has 6 heteroatoms. The number of ether oxygens (including phenoxy) is 2. The molecule has 3 aliphatic rings. The minimum absolute atomic E-state index is 0.647. The van der Waals surface area contributed by atoms with Crippen molar-refractivity contribution in [2.45, 2.75) is 0 Å². The van der Waals surface area contributed by atoms with Crippen LogP contribution in [0.15, 0.2) is 128 Å². The second-order valence-electron chi connectivity index (χ2n) is 9.74. The number of aromatic nitrogens is 3. The molecule has 0 amide bonds. The number of hydrogen-bond acceptors (Lipinski definition) is 2. The Balaban J connectivity index is 1.35. The number of fused-ring (bicyclic) bond motifs is 3.